The topological polar surface area (TPSA) is 24.9 Å². The lowest BCUT2D eigenvalue weighted by Gasteiger charge is -2.03. The first-order valence-electron chi connectivity index (χ1n) is 7.64. The molecule has 0 saturated heterocycles. The van der Waals surface area contributed by atoms with E-state index >= 15 is 0 Å². The fraction of sp³-hybridized carbons (Fsp3) is 0.471. The van der Waals surface area contributed by atoms with Gasteiger partial charge in [0.2, 0.25) is 0 Å². The molecule has 0 radical (unpaired) electrons. The fourth-order valence-corrected chi connectivity index (χ4v) is 3.58. The molecule has 0 unspecified atom stereocenters. The van der Waals surface area contributed by atoms with E-state index in [9.17, 15) is 0 Å². The zero-order chi connectivity index (χ0) is 13.8. The molecule has 1 heterocycles. The van der Waals surface area contributed by atoms with Crippen LogP contribution >= 0.6 is 11.3 Å². The van der Waals surface area contributed by atoms with E-state index in [0.717, 1.165) is 25.4 Å². The third kappa shape index (κ3) is 3.47. The minimum atomic E-state index is 0.790. The van der Waals surface area contributed by atoms with Crippen LogP contribution in [0, 0.1) is 0 Å². The lowest BCUT2D eigenvalue weighted by molar-refractivity contribution is 0.685. The van der Waals surface area contributed by atoms with E-state index in [1.807, 2.05) is 11.3 Å². The highest BCUT2D eigenvalue weighted by molar-refractivity contribution is 7.12. The number of thiazole rings is 1. The maximum Gasteiger partial charge on any atom is 0.0935 e. The molecule has 1 aromatic carbocycles. The number of hydrogen-bond donors (Lipinski definition) is 1. The standard InChI is InChI=1S/C17H22N2S/c1-2-6-16-19-17(13-7-4-3-5-8-13)15(20-16)11-12-18-14-9-10-14/h3-5,7-8,14,18H,2,6,9-12H2,1H3. The van der Waals surface area contributed by atoms with Crippen molar-refractivity contribution in [1.29, 1.82) is 0 Å². The van der Waals surface area contributed by atoms with Gasteiger partial charge in [-0.1, -0.05) is 37.3 Å². The van der Waals surface area contributed by atoms with Crippen molar-refractivity contribution < 1.29 is 0 Å². The molecule has 0 amide bonds. The average molecular weight is 286 g/mol. The number of nitrogens with one attached hydrogen (secondary N) is 1. The lowest BCUT2D eigenvalue weighted by Crippen LogP contribution is -2.19. The summed E-state index contributed by atoms with van der Waals surface area (Å²) >= 11 is 1.90. The van der Waals surface area contributed by atoms with Crippen LogP contribution in [0.2, 0.25) is 0 Å². The van der Waals surface area contributed by atoms with Crippen LogP contribution in [0.4, 0.5) is 0 Å². The highest BCUT2D eigenvalue weighted by atomic mass is 32.1. The SMILES string of the molecule is CCCc1nc(-c2ccccc2)c(CCNC2CC2)s1. The van der Waals surface area contributed by atoms with E-state index in [1.165, 1.54) is 40.4 Å². The molecule has 0 aliphatic heterocycles. The Morgan fingerprint density at radius 3 is 2.70 bits per heavy atom. The number of rotatable bonds is 7. The molecule has 2 aromatic rings. The van der Waals surface area contributed by atoms with Crippen LogP contribution < -0.4 is 5.32 Å². The summed E-state index contributed by atoms with van der Waals surface area (Å²) in [5.41, 5.74) is 2.46. The van der Waals surface area contributed by atoms with Crippen molar-refractivity contribution in [3.63, 3.8) is 0 Å². The van der Waals surface area contributed by atoms with Crippen molar-refractivity contribution in [3.8, 4) is 11.3 Å². The van der Waals surface area contributed by atoms with Gasteiger partial charge >= 0.3 is 0 Å². The van der Waals surface area contributed by atoms with Crippen molar-refractivity contribution in [2.45, 2.75) is 45.1 Å². The van der Waals surface area contributed by atoms with Crippen molar-refractivity contribution in [2.75, 3.05) is 6.54 Å². The van der Waals surface area contributed by atoms with Gasteiger partial charge in [0.25, 0.3) is 0 Å². The summed E-state index contributed by atoms with van der Waals surface area (Å²) in [6, 6.07) is 11.4. The maximum absolute atomic E-state index is 4.87. The summed E-state index contributed by atoms with van der Waals surface area (Å²) in [5.74, 6) is 0. The van der Waals surface area contributed by atoms with Gasteiger partial charge in [0.15, 0.2) is 0 Å². The summed E-state index contributed by atoms with van der Waals surface area (Å²) < 4.78 is 0. The number of nitrogens with zero attached hydrogens (tertiary/aromatic N) is 1. The zero-order valence-corrected chi connectivity index (χ0v) is 12.9. The Hall–Kier alpha value is -1.19. The van der Waals surface area contributed by atoms with Crippen LogP contribution in [0.25, 0.3) is 11.3 Å². The largest absolute Gasteiger partial charge is 0.314 e. The number of aromatic nitrogens is 1. The van der Waals surface area contributed by atoms with Crippen molar-refractivity contribution in [2.24, 2.45) is 0 Å². The van der Waals surface area contributed by atoms with Gasteiger partial charge in [-0.2, -0.15) is 0 Å². The summed E-state index contributed by atoms with van der Waals surface area (Å²) in [6.45, 7) is 3.30. The quantitative estimate of drug-likeness (QED) is 0.830. The Bertz CT molecular complexity index is 543. The second-order valence-electron chi connectivity index (χ2n) is 5.47. The third-order valence-corrected chi connectivity index (χ3v) is 4.79. The minimum Gasteiger partial charge on any atom is -0.314 e. The van der Waals surface area contributed by atoms with Gasteiger partial charge in [-0.3, -0.25) is 0 Å². The van der Waals surface area contributed by atoms with Gasteiger partial charge in [0.05, 0.1) is 10.7 Å². The molecule has 0 spiro atoms. The Morgan fingerprint density at radius 1 is 1.20 bits per heavy atom. The van der Waals surface area contributed by atoms with E-state index in [2.05, 4.69) is 42.6 Å². The molecule has 1 N–H and O–H groups in total. The van der Waals surface area contributed by atoms with Gasteiger partial charge in [-0.25, -0.2) is 4.98 Å². The molecule has 0 bridgehead atoms. The zero-order valence-electron chi connectivity index (χ0n) is 12.1. The summed E-state index contributed by atoms with van der Waals surface area (Å²) in [5, 5.41) is 4.89. The Labute approximate surface area is 125 Å². The smallest absolute Gasteiger partial charge is 0.0935 e. The molecular formula is C17H22N2S. The molecule has 1 aromatic heterocycles. The molecule has 1 aliphatic rings. The number of hydrogen-bond acceptors (Lipinski definition) is 3. The molecule has 1 aliphatic carbocycles. The Kier molecular flexibility index (Phi) is 4.48. The summed E-state index contributed by atoms with van der Waals surface area (Å²) in [6.07, 6.45) is 6.08. The van der Waals surface area contributed by atoms with Gasteiger partial charge in [0, 0.05) is 23.0 Å². The fourth-order valence-electron chi connectivity index (χ4n) is 2.39. The molecule has 3 rings (SSSR count). The lowest BCUT2D eigenvalue weighted by atomic mass is 10.1. The van der Waals surface area contributed by atoms with Gasteiger partial charge in [0.1, 0.15) is 0 Å². The monoisotopic (exact) mass is 286 g/mol. The van der Waals surface area contributed by atoms with E-state index in [1.54, 1.807) is 0 Å². The highest BCUT2D eigenvalue weighted by Crippen LogP contribution is 2.29. The van der Waals surface area contributed by atoms with E-state index in [4.69, 9.17) is 4.98 Å². The Morgan fingerprint density at radius 2 is 2.00 bits per heavy atom. The molecule has 1 fully saturated rings. The van der Waals surface area contributed by atoms with Crippen molar-refractivity contribution in [3.05, 3.63) is 40.2 Å². The van der Waals surface area contributed by atoms with E-state index < -0.39 is 0 Å². The second kappa shape index (κ2) is 6.51. The molecular weight excluding hydrogens is 264 g/mol. The first-order valence-corrected chi connectivity index (χ1v) is 8.46. The minimum absolute atomic E-state index is 0.790. The van der Waals surface area contributed by atoms with E-state index in [-0.39, 0.29) is 0 Å². The van der Waals surface area contributed by atoms with E-state index in [0.29, 0.717) is 0 Å². The molecule has 1 saturated carbocycles. The first kappa shape index (κ1) is 13.8. The van der Waals surface area contributed by atoms with Crippen molar-refractivity contribution >= 4 is 11.3 Å². The number of benzene rings is 1. The number of aryl methyl sites for hydroxylation is 1. The third-order valence-electron chi connectivity index (χ3n) is 3.62. The van der Waals surface area contributed by atoms with Crippen LogP contribution in [0.5, 0.6) is 0 Å². The Balaban J connectivity index is 1.77. The van der Waals surface area contributed by atoms with Gasteiger partial charge in [-0.05, 0) is 32.1 Å². The predicted octanol–water partition coefficient (Wildman–Crippen LogP) is 4.06. The molecule has 0 atom stereocenters. The van der Waals surface area contributed by atoms with Crippen LogP contribution in [-0.2, 0) is 12.8 Å². The summed E-state index contributed by atoms with van der Waals surface area (Å²) in [7, 11) is 0. The maximum atomic E-state index is 4.87. The summed E-state index contributed by atoms with van der Waals surface area (Å²) in [4.78, 5) is 6.31. The molecule has 106 valence electrons. The van der Waals surface area contributed by atoms with Gasteiger partial charge in [-0.15, -0.1) is 11.3 Å². The van der Waals surface area contributed by atoms with Crippen LogP contribution in [0.1, 0.15) is 36.1 Å². The van der Waals surface area contributed by atoms with Crippen LogP contribution in [0.3, 0.4) is 0 Å². The van der Waals surface area contributed by atoms with Crippen molar-refractivity contribution in [1.82, 2.24) is 10.3 Å². The highest BCUT2D eigenvalue weighted by Gasteiger charge is 2.20. The molecule has 2 nitrogen and oxygen atoms in total. The molecule has 20 heavy (non-hydrogen) atoms. The second-order valence-corrected chi connectivity index (χ2v) is 6.64. The van der Waals surface area contributed by atoms with Crippen LogP contribution in [0.15, 0.2) is 30.3 Å². The van der Waals surface area contributed by atoms with Gasteiger partial charge < -0.3 is 5.32 Å². The normalized spacial score (nSPS) is 14.7. The predicted molar refractivity (Wildman–Crippen MR) is 86.3 cm³/mol. The average Bonchev–Trinajstić information content (AvgIpc) is 3.21. The molecule has 3 heteroatoms. The van der Waals surface area contributed by atoms with Crippen LogP contribution in [-0.4, -0.2) is 17.6 Å². The first-order chi connectivity index (χ1) is 9.86.